The van der Waals surface area contributed by atoms with E-state index in [0.29, 0.717) is 6.04 Å². The third-order valence-electron chi connectivity index (χ3n) is 4.85. The Morgan fingerprint density at radius 1 is 1.33 bits per heavy atom. The highest BCUT2D eigenvalue weighted by Gasteiger charge is 2.56. The van der Waals surface area contributed by atoms with E-state index in [2.05, 4.69) is 16.7 Å². The van der Waals surface area contributed by atoms with Crippen LogP contribution in [-0.2, 0) is 4.79 Å². The normalized spacial score (nSPS) is 35.6. The van der Waals surface area contributed by atoms with Crippen molar-refractivity contribution >= 4 is 5.91 Å². The number of rotatable bonds is 1. The number of aliphatic hydroxyl groups excluding tert-OH is 1. The Morgan fingerprint density at radius 3 is 2.67 bits per heavy atom. The summed E-state index contributed by atoms with van der Waals surface area (Å²) in [5.74, 6) is 0.172. The van der Waals surface area contributed by atoms with Crippen molar-refractivity contribution < 1.29 is 9.90 Å². The molecule has 0 radical (unpaired) electrons. The van der Waals surface area contributed by atoms with Crippen molar-refractivity contribution in [3.05, 3.63) is 0 Å². The first-order valence-electron chi connectivity index (χ1n) is 6.97. The molecule has 0 aromatic carbocycles. The van der Waals surface area contributed by atoms with E-state index >= 15 is 0 Å². The van der Waals surface area contributed by atoms with Crippen LogP contribution in [0.5, 0.6) is 0 Å². The number of piperazine rings is 1. The van der Waals surface area contributed by atoms with Gasteiger partial charge in [-0.3, -0.25) is 9.69 Å². The summed E-state index contributed by atoms with van der Waals surface area (Å²) in [6.07, 6.45) is 0.702. The second kappa shape index (κ2) is 4.18. The second-order valence-corrected chi connectivity index (χ2v) is 6.12. The molecule has 1 amide bonds. The minimum atomic E-state index is -0.185. The van der Waals surface area contributed by atoms with E-state index in [4.69, 9.17) is 0 Å². The molecule has 0 unspecified atom stereocenters. The maximum absolute atomic E-state index is 11.4. The average molecular weight is 253 g/mol. The van der Waals surface area contributed by atoms with Gasteiger partial charge in [-0.05, 0) is 13.0 Å². The Kier molecular flexibility index (Phi) is 2.88. The Bertz CT molecular complexity index is 354. The summed E-state index contributed by atoms with van der Waals surface area (Å²) in [5.41, 5.74) is 0.113. The fourth-order valence-corrected chi connectivity index (χ4v) is 3.93. The van der Waals surface area contributed by atoms with Crippen LogP contribution in [0.25, 0.3) is 0 Å². The third-order valence-corrected chi connectivity index (χ3v) is 4.85. The molecule has 3 heterocycles. The minimum Gasteiger partial charge on any atom is -0.392 e. The molecule has 2 atom stereocenters. The van der Waals surface area contributed by atoms with Crippen molar-refractivity contribution in [3.63, 3.8) is 0 Å². The Labute approximate surface area is 108 Å². The summed E-state index contributed by atoms with van der Waals surface area (Å²) in [4.78, 5) is 18.3. The van der Waals surface area contributed by atoms with E-state index in [-0.39, 0.29) is 17.6 Å². The molecule has 0 bridgehead atoms. The molecule has 102 valence electrons. The molecule has 3 rings (SSSR count). The smallest absolute Gasteiger partial charge is 0.219 e. The summed E-state index contributed by atoms with van der Waals surface area (Å²) < 4.78 is 0. The van der Waals surface area contributed by atoms with E-state index in [1.165, 1.54) is 0 Å². The molecule has 3 aliphatic heterocycles. The van der Waals surface area contributed by atoms with Gasteiger partial charge in [-0.2, -0.15) is 0 Å². The molecule has 0 aliphatic carbocycles. The summed E-state index contributed by atoms with van der Waals surface area (Å²) in [7, 11) is 0. The first-order chi connectivity index (χ1) is 8.54. The molecule has 18 heavy (non-hydrogen) atoms. The molecular formula is C13H23N3O2. The van der Waals surface area contributed by atoms with Gasteiger partial charge >= 0.3 is 0 Å². The number of amides is 1. The van der Waals surface area contributed by atoms with Crippen LogP contribution >= 0.6 is 0 Å². The van der Waals surface area contributed by atoms with Gasteiger partial charge in [-0.25, -0.2) is 0 Å². The molecule has 0 aromatic rings. The second-order valence-electron chi connectivity index (χ2n) is 6.12. The molecule has 3 fully saturated rings. The lowest BCUT2D eigenvalue weighted by Crippen LogP contribution is -2.78. The van der Waals surface area contributed by atoms with E-state index in [9.17, 15) is 9.90 Å². The fourth-order valence-electron chi connectivity index (χ4n) is 3.93. The number of carbonyl (C=O) groups excluding carboxylic acids is 1. The number of likely N-dealkylation sites (N-methyl/N-ethyl adjacent to an activating group) is 1. The molecule has 1 N–H and O–H groups in total. The Hall–Kier alpha value is -0.650. The zero-order valence-electron chi connectivity index (χ0n) is 11.3. The van der Waals surface area contributed by atoms with E-state index in [1.807, 2.05) is 4.90 Å². The lowest BCUT2D eigenvalue weighted by atomic mass is 9.83. The van der Waals surface area contributed by atoms with Gasteiger partial charge in [-0.1, -0.05) is 6.92 Å². The molecule has 3 saturated heterocycles. The van der Waals surface area contributed by atoms with Crippen LogP contribution in [0.1, 0.15) is 20.3 Å². The summed E-state index contributed by atoms with van der Waals surface area (Å²) in [6, 6.07) is 0.475. The number of aliphatic hydroxyl groups is 1. The summed E-state index contributed by atoms with van der Waals surface area (Å²) in [5, 5.41) is 9.91. The summed E-state index contributed by atoms with van der Waals surface area (Å²) in [6.45, 7) is 9.45. The zero-order chi connectivity index (χ0) is 12.9. The predicted octanol–water partition coefficient (Wildman–Crippen LogP) is -0.642. The van der Waals surface area contributed by atoms with Gasteiger partial charge in [0.1, 0.15) is 0 Å². The van der Waals surface area contributed by atoms with Crippen LogP contribution in [0.4, 0.5) is 0 Å². The highest BCUT2D eigenvalue weighted by Crippen LogP contribution is 2.38. The van der Waals surface area contributed by atoms with Crippen molar-refractivity contribution in [1.29, 1.82) is 0 Å². The molecule has 5 nitrogen and oxygen atoms in total. The number of nitrogens with zero attached hydrogens (tertiary/aromatic N) is 3. The van der Waals surface area contributed by atoms with Gasteiger partial charge in [0.2, 0.25) is 5.91 Å². The van der Waals surface area contributed by atoms with Crippen LogP contribution in [-0.4, -0.2) is 82.7 Å². The topological polar surface area (TPSA) is 47.0 Å². The number of β-amino-alcohol motifs (C(OH)–C–C–N with tert-alkyl or cyclic N) is 1. The number of hydrogen-bond acceptors (Lipinski definition) is 4. The zero-order valence-corrected chi connectivity index (χ0v) is 11.3. The van der Waals surface area contributed by atoms with Crippen molar-refractivity contribution in [2.24, 2.45) is 0 Å². The molecular weight excluding hydrogens is 230 g/mol. The molecule has 1 spiro atoms. The molecule has 0 aromatic heterocycles. The van der Waals surface area contributed by atoms with Crippen LogP contribution in [0.3, 0.4) is 0 Å². The predicted molar refractivity (Wildman–Crippen MR) is 68.2 cm³/mol. The van der Waals surface area contributed by atoms with Crippen LogP contribution in [0.2, 0.25) is 0 Å². The van der Waals surface area contributed by atoms with Gasteiger partial charge < -0.3 is 14.9 Å². The van der Waals surface area contributed by atoms with Crippen LogP contribution < -0.4 is 0 Å². The number of hydrogen-bond donors (Lipinski definition) is 1. The first kappa shape index (κ1) is 12.4. The highest BCUT2D eigenvalue weighted by molar-refractivity contribution is 5.74. The maximum Gasteiger partial charge on any atom is 0.219 e. The SMILES string of the molecule is CCN1C[C@H]2C[C@@H](O)CN2C2(C1)CN(C(C)=O)C2. The van der Waals surface area contributed by atoms with Gasteiger partial charge in [0.05, 0.1) is 11.6 Å². The van der Waals surface area contributed by atoms with Crippen LogP contribution in [0.15, 0.2) is 0 Å². The third kappa shape index (κ3) is 1.76. The van der Waals surface area contributed by atoms with Crippen molar-refractivity contribution in [3.8, 4) is 0 Å². The lowest BCUT2D eigenvalue weighted by Gasteiger charge is -2.60. The van der Waals surface area contributed by atoms with Gasteiger partial charge in [-0.15, -0.1) is 0 Å². The lowest BCUT2D eigenvalue weighted by molar-refractivity contribution is -0.153. The summed E-state index contributed by atoms with van der Waals surface area (Å²) >= 11 is 0. The maximum atomic E-state index is 11.4. The minimum absolute atomic E-state index is 0.113. The molecule has 5 heteroatoms. The van der Waals surface area contributed by atoms with Crippen LogP contribution in [0, 0.1) is 0 Å². The monoisotopic (exact) mass is 253 g/mol. The van der Waals surface area contributed by atoms with Crippen molar-refractivity contribution in [1.82, 2.24) is 14.7 Å². The highest BCUT2D eigenvalue weighted by atomic mass is 16.3. The Morgan fingerprint density at radius 2 is 2.06 bits per heavy atom. The number of carbonyl (C=O) groups is 1. The van der Waals surface area contributed by atoms with Gasteiger partial charge in [0, 0.05) is 45.7 Å². The molecule has 0 saturated carbocycles. The fraction of sp³-hybridized carbons (Fsp3) is 0.923. The van der Waals surface area contributed by atoms with E-state index in [0.717, 1.165) is 45.7 Å². The van der Waals surface area contributed by atoms with E-state index in [1.54, 1.807) is 6.92 Å². The Balaban J connectivity index is 1.77. The number of likely N-dealkylation sites (tertiary alicyclic amines) is 1. The quantitative estimate of drug-likeness (QED) is 0.675. The van der Waals surface area contributed by atoms with Gasteiger partial charge in [0.15, 0.2) is 0 Å². The van der Waals surface area contributed by atoms with Crippen molar-refractivity contribution in [2.45, 2.75) is 38.0 Å². The first-order valence-corrected chi connectivity index (χ1v) is 6.97. The van der Waals surface area contributed by atoms with Crippen molar-refractivity contribution in [2.75, 3.05) is 39.3 Å². The number of fused-ring (bicyclic) bond motifs is 2. The largest absolute Gasteiger partial charge is 0.392 e. The van der Waals surface area contributed by atoms with E-state index < -0.39 is 0 Å². The average Bonchev–Trinajstić information content (AvgIpc) is 2.64. The molecule has 3 aliphatic rings. The van der Waals surface area contributed by atoms with Gasteiger partial charge in [0.25, 0.3) is 0 Å². The standard InChI is InChI=1S/C13H23N3O2/c1-3-14-5-11-4-12(18)6-16(11)13(7-14)8-15(9-13)10(2)17/h11-12,18H,3-9H2,1-2H3/t11-,12-/m1/s1.